The molecule has 25 heavy (non-hydrogen) atoms. The van der Waals surface area contributed by atoms with Crippen molar-refractivity contribution >= 4 is 9.84 Å². The van der Waals surface area contributed by atoms with Crippen molar-refractivity contribution in [1.29, 1.82) is 0 Å². The molecule has 0 spiro atoms. The van der Waals surface area contributed by atoms with Crippen LogP contribution in [0.1, 0.15) is 32.3 Å². The summed E-state index contributed by atoms with van der Waals surface area (Å²) < 4.78 is 31.5. The minimum absolute atomic E-state index is 0.0708. The summed E-state index contributed by atoms with van der Waals surface area (Å²) in [7, 11) is -3.64. The normalized spacial score (nSPS) is 24.2. The molecule has 6 heteroatoms. The van der Waals surface area contributed by atoms with Crippen LogP contribution in [-0.4, -0.2) is 25.7 Å². The van der Waals surface area contributed by atoms with E-state index in [4.69, 9.17) is 10.5 Å². The van der Waals surface area contributed by atoms with E-state index in [1.54, 1.807) is 43.3 Å². The summed E-state index contributed by atoms with van der Waals surface area (Å²) in [5.41, 5.74) is 5.37. The van der Waals surface area contributed by atoms with E-state index in [1.807, 2.05) is 6.92 Å². The third-order valence-electron chi connectivity index (χ3n) is 4.45. The second kappa shape index (κ2) is 6.44. The van der Waals surface area contributed by atoms with Gasteiger partial charge >= 0.3 is 0 Å². The average molecular weight is 361 g/mol. The summed E-state index contributed by atoms with van der Waals surface area (Å²) in [4.78, 5) is 0.374. The number of aliphatic hydroxyl groups is 1. The SMILES string of the molecule is CC(N)CC1CC(C)(O)c2ccc(S(=O)(=O)c3ccccc3)cc2O1. The van der Waals surface area contributed by atoms with E-state index in [2.05, 4.69) is 0 Å². The minimum Gasteiger partial charge on any atom is -0.490 e. The molecule has 1 heterocycles. The first-order valence-corrected chi connectivity index (χ1v) is 9.78. The quantitative estimate of drug-likeness (QED) is 0.874. The molecular formula is C19H23NO4S. The molecule has 0 radical (unpaired) electrons. The van der Waals surface area contributed by atoms with Crippen LogP contribution >= 0.6 is 0 Å². The van der Waals surface area contributed by atoms with Crippen LogP contribution in [0.3, 0.4) is 0 Å². The third kappa shape index (κ3) is 3.56. The highest BCUT2D eigenvalue weighted by atomic mass is 32.2. The Bertz CT molecular complexity index is 860. The number of sulfone groups is 1. The molecule has 3 unspecified atom stereocenters. The number of hydrogen-bond acceptors (Lipinski definition) is 5. The van der Waals surface area contributed by atoms with Crippen molar-refractivity contribution in [3.8, 4) is 5.75 Å². The maximum Gasteiger partial charge on any atom is 0.206 e. The van der Waals surface area contributed by atoms with Crippen molar-refractivity contribution in [3.05, 3.63) is 54.1 Å². The Balaban J connectivity index is 2.02. The summed E-state index contributed by atoms with van der Waals surface area (Å²) in [5, 5.41) is 10.8. The van der Waals surface area contributed by atoms with Crippen molar-refractivity contribution in [2.75, 3.05) is 0 Å². The van der Waals surface area contributed by atoms with Gasteiger partial charge in [-0.1, -0.05) is 24.3 Å². The average Bonchev–Trinajstić information content (AvgIpc) is 2.54. The Hall–Kier alpha value is -1.89. The van der Waals surface area contributed by atoms with E-state index >= 15 is 0 Å². The van der Waals surface area contributed by atoms with E-state index < -0.39 is 15.4 Å². The van der Waals surface area contributed by atoms with E-state index in [9.17, 15) is 13.5 Å². The predicted octanol–water partition coefficient (Wildman–Crippen LogP) is 2.62. The number of ether oxygens (including phenoxy) is 1. The molecule has 2 aromatic rings. The van der Waals surface area contributed by atoms with Gasteiger partial charge in [0.25, 0.3) is 0 Å². The summed E-state index contributed by atoms with van der Waals surface area (Å²) in [5.74, 6) is 0.402. The van der Waals surface area contributed by atoms with Gasteiger partial charge in [-0.2, -0.15) is 0 Å². The molecule has 5 nitrogen and oxygen atoms in total. The zero-order valence-corrected chi connectivity index (χ0v) is 15.2. The Morgan fingerprint density at radius 1 is 1.24 bits per heavy atom. The lowest BCUT2D eigenvalue weighted by Crippen LogP contribution is -2.39. The fraction of sp³-hybridized carbons (Fsp3) is 0.368. The van der Waals surface area contributed by atoms with Crippen LogP contribution in [-0.2, 0) is 15.4 Å². The fourth-order valence-corrected chi connectivity index (χ4v) is 4.57. The van der Waals surface area contributed by atoms with Gasteiger partial charge in [0.15, 0.2) is 0 Å². The Morgan fingerprint density at radius 3 is 2.56 bits per heavy atom. The molecule has 3 rings (SSSR count). The molecule has 0 saturated carbocycles. The van der Waals surface area contributed by atoms with Gasteiger partial charge in [-0.15, -0.1) is 0 Å². The molecule has 3 atom stereocenters. The lowest BCUT2D eigenvalue weighted by atomic mass is 9.85. The highest BCUT2D eigenvalue weighted by molar-refractivity contribution is 7.91. The molecule has 1 aliphatic rings. The smallest absolute Gasteiger partial charge is 0.206 e. The fourth-order valence-electron chi connectivity index (χ4n) is 3.27. The molecule has 134 valence electrons. The molecule has 1 aliphatic heterocycles. The third-order valence-corrected chi connectivity index (χ3v) is 6.22. The minimum atomic E-state index is -3.64. The van der Waals surface area contributed by atoms with Crippen molar-refractivity contribution in [2.24, 2.45) is 5.73 Å². The second-order valence-electron chi connectivity index (χ2n) is 6.91. The first-order valence-electron chi connectivity index (χ1n) is 8.29. The molecule has 0 fully saturated rings. The number of nitrogens with two attached hydrogens (primary N) is 1. The van der Waals surface area contributed by atoms with E-state index in [-0.39, 0.29) is 21.9 Å². The largest absolute Gasteiger partial charge is 0.490 e. The first kappa shape index (κ1) is 17.9. The van der Waals surface area contributed by atoms with E-state index in [1.165, 1.54) is 12.1 Å². The van der Waals surface area contributed by atoms with Crippen molar-refractivity contribution in [3.63, 3.8) is 0 Å². The zero-order chi connectivity index (χ0) is 18.2. The molecule has 2 aromatic carbocycles. The van der Waals surface area contributed by atoms with Crippen molar-refractivity contribution in [2.45, 2.75) is 54.2 Å². The van der Waals surface area contributed by atoms with Crippen LogP contribution < -0.4 is 10.5 Å². The molecule has 3 N–H and O–H groups in total. The monoisotopic (exact) mass is 361 g/mol. The van der Waals surface area contributed by atoms with Gasteiger partial charge in [-0.3, -0.25) is 0 Å². The standard InChI is InChI=1S/C19H23NO4S/c1-13(20)10-14-12-19(2,21)17-9-8-16(11-18(17)24-14)25(22,23)15-6-4-3-5-7-15/h3-9,11,13-14,21H,10,12,20H2,1-2H3. The maximum absolute atomic E-state index is 12.8. The van der Waals surface area contributed by atoms with Crippen molar-refractivity contribution < 1.29 is 18.3 Å². The topological polar surface area (TPSA) is 89.6 Å². The van der Waals surface area contributed by atoms with E-state index in [0.29, 0.717) is 24.2 Å². The van der Waals surface area contributed by atoms with Gasteiger partial charge in [-0.25, -0.2) is 8.42 Å². The van der Waals surface area contributed by atoms with Crippen LogP contribution in [0, 0.1) is 0 Å². The second-order valence-corrected chi connectivity index (χ2v) is 8.85. The number of hydrogen-bond donors (Lipinski definition) is 2. The van der Waals surface area contributed by atoms with E-state index in [0.717, 1.165) is 0 Å². The van der Waals surface area contributed by atoms with Crippen LogP contribution in [0.25, 0.3) is 0 Å². The van der Waals surface area contributed by atoms with Crippen LogP contribution in [0.5, 0.6) is 5.75 Å². The lowest BCUT2D eigenvalue weighted by molar-refractivity contribution is -0.0193. The van der Waals surface area contributed by atoms with Crippen LogP contribution in [0.4, 0.5) is 0 Å². The molecular weight excluding hydrogens is 338 g/mol. The number of fused-ring (bicyclic) bond motifs is 1. The Labute approximate surface area is 148 Å². The Kier molecular flexibility index (Phi) is 4.62. The molecule has 0 saturated heterocycles. The van der Waals surface area contributed by atoms with Gasteiger partial charge in [0.05, 0.1) is 15.4 Å². The molecule has 0 aliphatic carbocycles. The molecule has 0 amide bonds. The molecule has 0 aromatic heterocycles. The molecule has 0 bridgehead atoms. The van der Waals surface area contributed by atoms with Gasteiger partial charge in [0.1, 0.15) is 11.9 Å². The lowest BCUT2D eigenvalue weighted by Gasteiger charge is -2.37. The van der Waals surface area contributed by atoms with Crippen LogP contribution in [0.2, 0.25) is 0 Å². The zero-order valence-electron chi connectivity index (χ0n) is 14.3. The summed E-state index contributed by atoms with van der Waals surface area (Å²) in [6.07, 6.45) is 0.759. The summed E-state index contributed by atoms with van der Waals surface area (Å²) >= 11 is 0. The predicted molar refractivity (Wildman–Crippen MR) is 95.2 cm³/mol. The number of rotatable bonds is 4. The van der Waals surface area contributed by atoms with Gasteiger partial charge in [0.2, 0.25) is 9.84 Å². The highest BCUT2D eigenvalue weighted by Crippen LogP contribution is 2.41. The Morgan fingerprint density at radius 2 is 1.92 bits per heavy atom. The van der Waals surface area contributed by atoms with Gasteiger partial charge in [-0.05, 0) is 44.5 Å². The number of benzene rings is 2. The highest BCUT2D eigenvalue weighted by Gasteiger charge is 2.37. The van der Waals surface area contributed by atoms with Gasteiger partial charge in [0, 0.05) is 18.0 Å². The summed E-state index contributed by atoms with van der Waals surface area (Å²) in [6, 6.07) is 12.8. The van der Waals surface area contributed by atoms with Crippen molar-refractivity contribution in [1.82, 2.24) is 0 Å². The summed E-state index contributed by atoms with van der Waals surface area (Å²) in [6.45, 7) is 3.60. The maximum atomic E-state index is 12.8. The van der Waals surface area contributed by atoms with Gasteiger partial charge < -0.3 is 15.6 Å². The first-order chi connectivity index (χ1) is 11.7. The van der Waals surface area contributed by atoms with Crippen LogP contribution in [0.15, 0.2) is 58.3 Å².